The number of hydrogen-bond donors (Lipinski definition) is 1. The van der Waals surface area contributed by atoms with Gasteiger partial charge in [0.15, 0.2) is 12.3 Å². The van der Waals surface area contributed by atoms with Gasteiger partial charge in [-0.25, -0.2) is 10.1 Å². The van der Waals surface area contributed by atoms with E-state index in [1.54, 1.807) is 5.32 Å². The van der Waals surface area contributed by atoms with Crippen LogP contribution in [0.1, 0.15) is 0 Å². The molecule has 0 saturated heterocycles. The lowest BCUT2D eigenvalue weighted by Crippen LogP contribution is -2.17. The van der Waals surface area contributed by atoms with Gasteiger partial charge in [0.25, 0.3) is 0 Å². The number of carbonyl (C=O) groups excluding carboxylic acids is 1. The van der Waals surface area contributed by atoms with Crippen molar-refractivity contribution in [2.24, 2.45) is 0 Å². The topological polar surface area (TPSA) is 62.1 Å². The minimum atomic E-state index is -0.831. The second-order valence-electron chi connectivity index (χ2n) is 0.778. The van der Waals surface area contributed by atoms with Gasteiger partial charge in [0.05, 0.1) is 0 Å². The highest BCUT2D eigenvalue weighted by Crippen LogP contribution is 1.78. The maximum atomic E-state index is 10.0. The second-order valence-corrected chi connectivity index (χ2v) is 0.996. The van der Waals surface area contributed by atoms with Crippen LogP contribution in [0.25, 0.3) is 0 Å². The van der Waals surface area contributed by atoms with Gasteiger partial charge in [-0.1, -0.05) is 11.6 Å². The van der Waals surface area contributed by atoms with Crippen LogP contribution in [-0.4, -0.2) is 12.2 Å². The van der Waals surface area contributed by atoms with Crippen LogP contribution in [0.4, 0.5) is 4.79 Å². The number of rotatable bonds is 1. The standard InChI is InChI=1S/C3H3ClN2O2/c4-1-8-3(7)6-2-5/h1H2,(H,6,7). The monoisotopic (exact) mass is 134 g/mol. The highest BCUT2D eigenvalue weighted by molar-refractivity contribution is 6.17. The number of halogens is 1. The first kappa shape index (κ1) is 7.05. The van der Waals surface area contributed by atoms with Gasteiger partial charge in [-0.2, -0.15) is 5.26 Å². The van der Waals surface area contributed by atoms with Crippen LogP contribution in [0.2, 0.25) is 0 Å². The minimum Gasteiger partial charge on any atom is -0.432 e. The van der Waals surface area contributed by atoms with E-state index in [1.165, 1.54) is 6.19 Å². The van der Waals surface area contributed by atoms with E-state index < -0.39 is 6.09 Å². The van der Waals surface area contributed by atoms with Crippen molar-refractivity contribution >= 4 is 17.7 Å². The van der Waals surface area contributed by atoms with Crippen molar-refractivity contribution < 1.29 is 9.53 Å². The molecule has 44 valence electrons. The predicted molar refractivity (Wildman–Crippen MR) is 25.9 cm³/mol. The van der Waals surface area contributed by atoms with E-state index in [4.69, 9.17) is 16.9 Å². The molecular formula is C3H3ClN2O2. The van der Waals surface area contributed by atoms with Crippen LogP contribution >= 0.6 is 11.6 Å². The first-order valence-electron chi connectivity index (χ1n) is 1.69. The molecule has 0 aromatic heterocycles. The Balaban J connectivity index is 3.23. The van der Waals surface area contributed by atoms with Gasteiger partial charge in [0.1, 0.15) is 0 Å². The Kier molecular flexibility index (Phi) is 3.71. The summed E-state index contributed by atoms with van der Waals surface area (Å²) in [6.07, 6.45) is 0.538. The highest BCUT2D eigenvalue weighted by Gasteiger charge is 1.94. The molecule has 1 amide bonds. The van der Waals surface area contributed by atoms with Crippen LogP contribution in [0.5, 0.6) is 0 Å². The van der Waals surface area contributed by atoms with Gasteiger partial charge in [0, 0.05) is 0 Å². The Morgan fingerprint density at radius 2 is 2.62 bits per heavy atom. The summed E-state index contributed by atoms with van der Waals surface area (Å²) in [6, 6.07) is -0.243. The normalized spacial score (nSPS) is 7.00. The fourth-order valence-electron chi connectivity index (χ4n) is 0.131. The molecule has 0 atom stereocenters. The molecule has 0 unspecified atom stereocenters. The van der Waals surface area contributed by atoms with Crippen molar-refractivity contribution in [3.8, 4) is 6.19 Å². The molecule has 0 spiro atoms. The largest absolute Gasteiger partial charge is 0.432 e. The van der Waals surface area contributed by atoms with Gasteiger partial charge in [-0.3, -0.25) is 0 Å². The molecule has 4 nitrogen and oxygen atoms in total. The Labute approximate surface area is 51.0 Å². The van der Waals surface area contributed by atoms with Gasteiger partial charge in [-0.15, -0.1) is 0 Å². The van der Waals surface area contributed by atoms with Crippen molar-refractivity contribution in [2.45, 2.75) is 0 Å². The highest BCUT2D eigenvalue weighted by atomic mass is 35.5. The van der Waals surface area contributed by atoms with Gasteiger partial charge in [0.2, 0.25) is 0 Å². The van der Waals surface area contributed by atoms with Crippen LogP contribution < -0.4 is 5.32 Å². The van der Waals surface area contributed by atoms with Gasteiger partial charge < -0.3 is 4.74 Å². The fraction of sp³-hybridized carbons (Fsp3) is 0.333. The first-order valence-corrected chi connectivity index (χ1v) is 2.22. The van der Waals surface area contributed by atoms with Crippen LogP contribution in [-0.2, 0) is 4.74 Å². The maximum Gasteiger partial charge on any atom is 0.421 e. The zero-order valence-corrected chi connectivity index (χ0v) is 4.60. The molecule has 8 heavy (non-hydrogen) atoms. The quantitative estimate of drug-likeness (QED) is 0.321. The zero-order valence-electron chi connectivity index (χ0n) is 3.85. The van der Waals surface area contributed by atoms with E-state index in [0.29, 0.717) is 0 Å². The number of nitriles is 1. The number of carbonyl (C=O) groups is 1. The second kappa shape index (κ2) is 4.22. The third-order valence-corrected chi connectivity index (χ3v) is 0.453. The third-order valence-electron chi connectivity index (χ3n) is 0.344. The Morgan fingerprint density at radius 3 is 3.00 bits per heavy atom. The fourth-order valence-corrected chi connectivity index (χ4v) is 0.230. The van der Waals surface area contributed by atoms with Crippen LogP contribution in [0.15, 0.2) is 0 Å². The first-order chi connectivity index (χ1) is 3.81. The molecule has 0 heterocycles. The molecule has 0 saturated carbocycles. The molecule has 0 rings (SSSR count). The molecule has 0 bridgehead atoms. The number of ether oxygens (including phenoxy) is 1. The van der Waals surface area contributed by atoms with Crippen molar-refractivity contribution in [3.05, 3.63) is 0 Å². The summed E-state index contributed by atoms with van der Waals surface area (Å²) in [5.74, 6) is 0. The average Bonchev–Trinajstić information content (AvgIpc) is 1.68. The molecule has 0 radical (unpaired) electrons. The summed E-state index contributed by atoms with van der Waals surface area (Å²) in [7, 11) is 0. The summed E-state index contributed by atoms with van der Waals surface area (Å²) in [6.45, 7) is 0. The molecule has 0 aliphatic heterocycles. The van der Waals surface area contributed by atoms with Crippen LogP contribution in [0, 0.1) is 11.5 Å². The number of alkyl halides is 1. The van der Waals surface area contributed by atoms with E-state index in [0.717, 1.165) is 0 Å². The summed E-state index contributed by atoms with van der Waals surface area (Å²) in [5.41, 5.74) is 0. The van der Waals surface area contributed by atoms with E-state index in [-0.39, 0.29) is 6.07 Å². The molecule has 0 aliphatic carbocycles. The maximum absolute atomic E-state index is 10.0. The van der Waals surface area contributed by atoms with Crippen molar-refractivity contribution in [1.82, 2.24) is 5.32 Å². The Bertz CT molecular complexity index is 119. The molecule has 0 aromatic rings. The van der Waals surface area contributed by atoms with Crippen molar-refractivity contribution in [2.75, 3.05) is 6.07 Å². The van der Waals surface area contributed by atoms with Crippen LogP contribution in [0.3, 0.4) is 0 Å². The number of nitrogens with zero attached hydrogens (tertiary/aromatic N) is 1. The number of nitrogens with one attached hydrogen (secondary N) is 1. The lowest BCUT2D eigenvalue weighted by molar-refractivity contribution is 0.169. The van der Waals surface area contributed by atoms with E-state index >= 15 is 0 Å². The number of amides is 1. The smallest absolute Gasteiger partial charge is 0.421 e. The third kappa shape index (κ3) is 3.25. The Hall–Kier alpha value is -0.950. The lowest BCUT2D eigenvalue weighted by atomic mass is 11.1. The average molecular weight is 135 g/mol. The number of hydrogen-bond acceptors (Lipinski definition) is 3. The molecule has 1 N–H and O–H groups in total. The molecule has 0 aliphatic rings. The molecular weight excluding hydrogens is 131 g/mol. The molecule has 5 heteroatoms. The zero-order chi connectivity index (χ0) is 6.41. The van der Waals surface area contributed by atoms with Crippen molar-refractivity contribution in [3.63, 3.8) is 0 Å². The SMILES string of the molecule is N#CNC(=O)OCCl. The molecule has 0 aromatic carbocycles. The van der Waals surface area contributed by atoms with E-state index in [1.807, 2.05) is 0 Å². The van der Waals surface area contributed by atoms with Gasteiger partial charge in [-0.05, 0) is 0 Å². The minimum absolute atomic E-state index is 0.243. The lowest BCUT2D eigenvalue weighted by Gasteiger charge is -1.92. The summed E-state index contributed by atoms with van der Waals surface area (Å²) < 4.78 is 4.08. The Morgan fingerprint density at radius 1 is 2.00 bits per heavy atom. The van der Waals surface area contributed by atoms with Gasteiger partial charge >= 0.3 is 6.09 Å². The van der Waals surface area contributed by atoms with Crippen molar-refractivity contribution in [1.29, 1.82) is 5.26 Å². The predicted octanol–water partition coefficient (Wildman–Crippen LogP) is 0.390. The van der Waals surface area contributed by atoms with E-state index in [9.17, 15) is 4.79 Å². The summed E-state index contributed by atoms with van der Waals surface area (Å²) in [5, 5.41) is 9.46. The summed E-state index contributed by atoms with van der Waals surface area (Å²) >= 11 is 4.94. The molecule has 0 fully saturated rings. The number of alkyl carbamates (subject to hydrolysis) is 1. The van der Waals surface area contributed by atoms with E-state index in [2.05, 4.69) is 4.74 Å². The summed E-state index contributed by atoms with van der Waals surface area (Å²) in [4.78, 5) is 10.0.